The van der Waals surface area contributed by atoms with Crippen LogP contribution in [0, 0.1) is 10.1 Å². The molecular weight excluding hydrogens is 511 g/mol. The first kappa shape index (κ1) is 24.7. The summed E-state index contributed by atoms with van der Waals surface area (Å²) in [6.45, 7) is 1.91. The summed E-state index contributed by atoms with van der Waals surface area (Å²) in [5.41, 5.74) is 0.982. The van der Waals surface area contributed by atoms with Gasteiger partial charge < -0.3 is 5.32 Å². The van der Waals surface area contributed by atoms with Crippen molar-refractivity contribution in [3.8, 4) is 0 Å². The van der Waals surface area contributed by atoms with Crippen LogP contribution in [0.15, 0.2) is 76.7 Å². The third-order valence-electron chi connectivity index (χ3n) is 5.14. The van der Waals surface area contributed by atoms with E-state index in [2.05, 4.69) is 10.3 Å². The van der Waals surface area contributed by atoms with Crippen molar-refractivity contribution in [3.05, 3.63) is 103 Å². The second-order valence-corrected chi connectivity index (χ2v) is 9.75. The van der Waals surface area contributed by atoms with Crippen LogP contribution in [-0.2, 0) is 11.3 Å². The molecule has 1 aromatic heterocycles. The fourth-order valence-electron chi connectivity index (χ4n) is 3.34. The van der Waals surface area contributed by atoms with E-state index in [-0.39, 0.29) is 28.5 Å². The van der Waals surface area contributed by atoms with Gasteiger partial charge in [0, 0.05) is 17.2 Å². The van der Waals surface area contributed by atoms with E-state index in [0.29, 0.717) is 21.1 Å². The summed E-state index contributed by atoms with van der Waals surface area (Å²) in [6, 6.07) is 18.1. The molecule has 0 unspecified atom stereocenters. The minimum Gasteiger partial charge on any atom is -0.324 e. The highest BCUT2D eigenvalue weighted by Crippen LogP contribution is 2.29. The number of amides is 1. The van der Waals surface area contributed by atoms with Gasteiger partial charge in [0.25, 0.3) is 11.2 Å². The topological polar surface area (TPSA) is 107 Å². The van der Waals surface area contributed by atoms with E-state index >= 15 is 0 Å². The second-order valence-electron chi connectivity index (χ2n) is 7.60. The molecule has 1 heterocycles. The number of anilines is 1. The Balaban J connectivity index is 1.67. The highest BCUT2D eigenvalue weighted by molar-refractivity contribution is 8.00. The van der Waals surface area contributed by atoms with Crippen LogP contribution in [0.2, 0.25) is 10.0 Å². The lowest BCUT2D eigenvalue weighted by molar-refractivity contribution is -0.384. The van der Waals surface area contributed by atoms with E-state index in [1.54, 1.807) is 25.1 Å². The lowest BCUT2D eigenvalue weighted by Crippen LogP contribution is -2.27. The molecule has 4 rings (SSSR count). The SMILES string of the molecule is C[C@H](Sc1nc2cc(Cl)ccc2c(=O)n1Cc1ccccc1)C(=O)Nc1cc([N+](=O)[O-])ccc1Cl. The number of benzene rings is 3. The van der Waals surface area contributed by atoms with Gasteiger partial charge in [0.1, 0.15) is 0 Å². The van der Waals surface area contributed by atoms with Crippen LogP contribution in [0.4, 0.5) is 11.4 Å². The average Bonchev–Trinajstić information content (AvgIpc) is 2.83. The zero-order valence-corrected chi connectivity index (χ0v) is 20.6. The van der Waals surface area contributed by atoms with Gasteiger partial charge >= 0.3 is 0 Å². The molecule has 35 heavy (non-hydrogen) atoms. The maximum atomic E-state index is 13.3. The zero-order valence-electron chi connectivity index (χ0n) is 18.3. The number of rotatable bonds is 7. The summed E-state index contributed by atoms with van der Waals surface area (Å²) in [7, 11) is 0. The molecule has 0 saturated heterocycles. The van der Waals surface area contributed by atoms with Crippen LogP contribution in [0.5, 0.6) is 0 Å². The van der Waals surface area contributed by atoms with Crippen molar-refractivity contribution in [1.29, 1.82) is 0 Å². The number of thioether (sulfide) groups is 1. The first-order valence-electron chi connectivity index (χ1n) is 10.4. The number of nitro groups is 1. The molecule has 1 atom stereocenters. The quantitative estimate of drug-likeness (QED) is 0.141. The molecule has 0 aliphatic heterocycles. The maximum absolute atomic E-state index is 13.3. The fraction of sp³-hybridized carbons (Fsp3) is 0.125. The predicted molar refractivity (Wildman–Crippen MR) is 139 cm³/mol. The summed E-state index contributed by atoms with van der Waals surface area (Å²) in [4.78, 5) is 41.4. The summed E-state index contributed by atoms with van der Waals surface area (Å²) in [5, 5.41) is 14.3. The van der Waals surface area contributed by atoms with Gasteiger partial charge in [-0.1, -0.05) is 65.3 Å². The van der Waals surface area contributed by atoms with Crippen LogP contribution in [0.3, 0.4) is 0 Å². The second kappa shape index (κ2) is 10.5. The van der Waals surface area contributed by atoms with E-state index in [1.807, 2.05) is 30.3 Å². The molecule has 178 valence electrons. The highest BCUT2D eigenvalue weighted by Gasteiger charge is 2.21. The monoisotopic (exact) mass is 528 g/mol. The number of non-ortho nitro benzene ring substituents is 1. The molecule has 1 N–H and O–H groups in total. The Kier molecular flexibility index (Phi) is 7.39. The number of carbonyl (C=O) groups is 1. The van der Waals surface area contributed by atoms with Crippen LogP contribution >= 0.6 is 35.0 Å². The summed E-state index contributed by atoms with van der Waals surface area (Å²) < 4.78 is 1.51. The molecule has 0 aliphatic carbocycles. The van der Waals surface area contributed by atoms with Gasteiger partial charge in [0.05, 0.1) is 38.3 Å². The standard InChI is InChI=1S/C24H18Cl2N4O4S/c1-14(22(31)27-21-12-17(30(33)34)8-10-19(21)26)35-24-28-20-11-16(25)7-9-18(20)23(32)29(24)13-15-5-3-2-4-6-15/h2-12,14H,13H2,1H3,(H,27,31)/t14-/m0/s1. The number of nitrogens with one attached hydrogen (secondary N) is 1. The fourth-order valence-corrected chi connectivity index (χ4v) is 4.58. The van der Waals surface area contributed by atoms with Crippen molar-refractivity contribution in [3.63, 3.8) is 0 Å². The van der Waals surface area contributed by atoms with Gasteiger partial charge in [-0.2, -0.15) is 0 Å². The largest absolute Gasteiger partial charge is 0.324 e. The summed E-state index contributed by atoms with van der Waals surface area (Å²) in [6.07, 6.45) is 0. The molecular formula is C24H18Cl2N4O4S. The lowest BCUT2D eigenvalue weighted by Gasteiger charge is -2.17. The lowest BCUT2D eigenvalue weighted by atomic mass is 10.2. The van der Waals surface area contributed by atoms with Gasteiger partial charge in [-0.25, -0.2) is 4.98 Å². The van der Waals surface area contributed by atoms with Crippen molar-refractivity contribution < 1.29 is 9.72 Å². The molecule has 0 radical (unpaired) electrons. The van der Waals surface area contributed by atoms with Gasteiger partial charge in [0.2, 0.25) is 5.91 Å². The number of halogens is 2. The molecule has 1 amide bonds. The number of hydrogen-bond acceptors (Lipinski definition) is 6. The Labute approximate surface area is 214 Å². The van der Waals surface area contributed by atoms with E-state index in [0.717, 1.165) is 17.3 Å². The molecule has 4 aromatic rings. The first-order chi connectivity index (χ1) is 16.7. The molecule has 3 aromatic carbocycles. The van der Waals surface area contributed by atoms with Gasteiger partial charge in [-0.3, -0.25) is 24.3 Å². The van der Waals surface area contributed by atoms with Gasteiger partial charge in [0.15, 0.2) is 5.16 Å². The highest BCUT2D eigenvalue weighted by atomic mass is 35.5. The number of carbonyl (C=O) groups excluding carboxylic acids is 1. The summed E-state index contributed by atoms with van der Waals surface area (Å²) in [5.74, 6) is -0.455. The zero-order chi connectivity index (χ0) is 25.1. The van der Waals surface area contributed by atoms with Crippen molar-refractivity contribution in [2.45, 2.75) is 23.9 Å². The third-order valence-corrected chi connectivity index (χ3v) is 6.79. The van der Waals surface area contributed by atoms with Crippen molar-refractivity contribution >= 4 is 63.1 Å². The summed E-state index contributed by atoms with van der Waals surface area (Å²) >= 11 is 13.3. The smallest absolute Gasteiger partial charge is 0.271 e. The Morgan fingerprint density at radius 2 is 1.89 bits per heavy atom. The molecule has 0 bridgehead atoms. The number of fused-ring (bicyclic) bond motifs is 1. The molecule has 0 saturated carbocycles. The van der Waals surface area contributed by atoms with Crippen molar-refractivity contribution in [2.24, 2.45) is 0 Å². The molecule has 8 nitrogen and oxygen atoms in total. The maximum Gasteiger partial charge on any atom is 0.271 e. The molecule has 0 spiro atoms. The molecule has 11 heteroatoms. The van der Waals surface area contributed by atoms with E-state index in [4.69, 9.17) is 23.2 Å². The Morgan fingerprint density at radius 3 is 2.60 bits per heavy atom. The van der Waals surface area contributed by atoms with Crippen LogP contribution in [-0.4, -0.2) is 25.6 Å². The molecule has 0 aliphatic rings. The Morgan fingerprint density at radius 1 is 1.14 bits per heavy atom. The normalized spacial score (nSPS) is 11.9. The Hall–Kier alpha value is -3.40. The number of hydrogen-bond donors (Lipinski definition) is 1. The molecule has 0 fully saturated rings. The van der Waals surface area contributed by atoms with E-state index < -0.39 is 16.1 Å². The minimum atomic E-state index is -0.712. The predicted octanol–water partition coefficient (Wildman–Crippen LogP) is 5.78. The first-order valence-corrected chi connectivity index (χ1v) is 12.0. The van der Waals surface area contributed by atoms with E-state index in [9.17, 15) is 19.7 Å². The van der Waals surface area contributed by atoms with Gasteiger partial charge in [-0.15, -0.1) is 0 Å². The van der Waals surface area contributed by atoms with Crippen LogP contribution in [0.1, 0.15) is 12.5 Å². The van der Waals surface area contributed by atoms with Crippen molar-refractivity contribution in [2.75, 3.05) is 5.32 Å². The number of nitrogens with zero attached hydrogens (tertiary/aromatic N) is 3. The number of nitro benzene ring substituents is 1. The van der Waals surface area contributed by atoms with Gasteiger partial charge in [-0.05, 0) is 36.8 Å². The van der Waals surface area contributed by atoms with Crippen LogP contribution < -0.4 is 10.9 Å². The van der Waals surface area contributed by atoms with E-state index in [1.165, 1.54) is 22.8 Å². The average molecular weight is 529 g/mol. The van der Waals surface area contributed by atoms with Crippen LogP contribution in [0.25, 0.3) is 10.9 Å². The minimum absolute atomic E-state index is 0.123. The Bertz CT molecular complexity index is 1490. The van der Waals surface area contributed by atoms with Crippen molar-refractivity contribution in [1.82, 2.24) is 9.55 Å². The third kappa shape index (κ3) is 5.64. The number of aromatic nitrogens is 2.